The number of benzene rings is 1. The topological polar surface area (TPSA) is 51.2 Å². The van der Waals surface area contributed by atoms with Gasteiger partial charge in [0.15, 0.2) is 11.6 Å². The summed E-state index contributed by atoms with van der Waals surface area (Å²) in [5, 5.41) is 0.445. The molecule has 3 nitrogen and oxygen atoms in total. The maximum absolute atomic E-state index is 12.5. The summed E-state index contributed by atoms with van der Waals surface area (Å²) in [7, 11) is 0. The average molecular weight is 275 g/mol. The number of carbonyl (C=O) groups excluding carboxylic acids is 3. The lowest BCUT2D eigenvalue weighted by atomic mass is 9.68. The van der Waals surface area contributed by atoms with Crippen LogP contribution in [0.2, 0.25) is 5.02 Å². The highest BCUT2D eigenvalue weighted by Gasteiger charge is 2.42. The van der Waals surface area contributed by atoms with E-state index in [4.69, 9.17) is 11.6 Å². The Morgan fingerprint density at radius 1 is 1.11 bits per heavy atom. The van der Waals surface area contributed by atoms with Crippen LogP contribution in [0.1, 0.15) is 33.6 Å². The molecule has 96 valence electrons. The quantitative estimate of drug-likeness (QED) is 0.740. The summed E-state index contributed by atoms with van der Waals surface area (Å²) in [6, 6.07) is 4.79. The fraction of sp³-hybridized carbons (Fsp3) is 0.267. The molecule has 0 saturated heterocycles. The van der Waals surface area contributed by atoms with Gasteiger partial charge in [0.25, 0.3) is 0 Å². The van der Waals surface area contributed by atoms with E-state index < -0.39 is 5.92 Å². The SMILES string of the molecule is O=CC1=CCC2C(=O)c3ccc(Cl)cc3C(=O)C2C1. The summed E-state index contributed by atoms with van der Waals surface area (Å²) < 4.78 is 0. The number of ketones is 2. The third kappa shape index (κ3) is 1.85. The number of carbonyl (C=O) groups is 3. The monoisotopic (exact) mass is 274 g/mol. The van der Waals surface area contributed by atoms with Crippen molar-refractivity contribution in [1.82, 2.24) is 0 Å². The summed E-state index contributed by atoms with van der Waals surface area (Å²) in [6.45, 7) is 0. The minimum absolute atomic E-state index is 0.0162. The number of hydrogen-bond donors (Lipinski definition) is 0. The maximum Gasteiger partial charge on any atom is 0.167 e. The molecule has 0 amide bonds. The van der Waals surface area contributed by atoms with Crippen molar-refractivity contribution >= 4 is 29.5 Å². The van der Waals surface area contributed by atoms with Gasteiger partial charge in [0.05, 0.1) is 0 Å². The molecule has 2 atom stereocenters. The molecule has 2 aliphatic carbocycles. The van der Waals surface area contributed by atoms with E-state index in [0.29, 0.717) is 34.6 Å². The number of allylic oxidation sites excluding steroid dienone is 2. The fourth-order valence-corrected chi connectivity index (χ4v) is 3.09. The van der Waals surface area contributed by atoms with Gasteiger partial charge in [0, 0.05) is 28.0 Å². The Labute approximate surface area is 115 Å². The second-order valence-corrected chi connectivity index (χ2v) is 5.40. The van der Waals surface area contributed by atoms with Crippen LogP contribution in [0.15, 0.2) is 29.8 Å². The van der Waals surface area contributed by atoms with Gasteiger partial charge in [-0.05, 0) is 36.6 Å². The van der Waals surface area contributed by atoms with Crippen LogP contribution in [-0.4, -0.2) is 17.9 Å². The van der Waals surface area contributed by atoms with E-state index in [1.54, 1.807) is 24.3 Å². The van der Waals surface area contributed by atoms with Gasteiger partial charge in [-0.15, -0.1) is 0 Å². The van der Waals surface area contributed by atoms with Gasteiger partial charge >= 0.3 is 0 Å². The maximum atomic E-state index is 12.5. The highest BCUT2D eigenvalue weighted by atomic mass is 35.5. The van der Waals surface area contributed by atoms with Gasteiger partial charge in [-0.2, -0.15) is 0 Å². The molecule has 3 rings (SSSR count). The van der Waals surface area contributed by atoms with E-state index >= 15 is 0 Å². The van der Waals surface area contributed by atoms with Gasteiger partial charge in [-0.25, -0.2) is 0 Å². The van der Waals surface area contributed by atoms with Crippen LogP contribution in [0.5, 0.6) is 0 Å². The number of halogens is 1. The fourth-order valence-electron chi connectivity index (χ4n) is 2.92. The molecule has 1 aromatic rings. The van der Waals surface area contributed by atoms with Crippen molar-refractivity contribution in [3.63, 3.8) is 0 Å². The predicted octanol–water partition coefficient (Wildman–Crippen LogP) is 2.87. The predicted molar refractivity (Wildman–Crippen MR) is 70.5 cm³/mol. The smallest absolute Gasteiger partial charge is 0.167 e. The Bertz CT molecular complexity index is 630. The van der Waals surface area contributed by atoms with E-state index in [1.807, 2.05) is 0 Å². The van der Waals surface area contributed by atoms with E-state index in [2.05, 4.69) is 0 Å². The average Bonchev–Trinajstić information content (AvgIpc) is 2.44. The Morgan fingerprint density at radius 2 is 1.84 bits per heavy atom. The molecule has 4 heteroatoms. The number of hydrogen-bond acceptors (Lipinski definition) is 3. The van der Waals surface area contributed by atoms with Crippen molar-refractivity contribution < 1.29 is 14.4 Å². The molecule has 19 heavy (non-hydrogen) atoms. The summed E-state index contributed by atoms with van der Waals surface area (Å²) in [5.41, 5.74) is 1.46. The minimum Gasteiger partial charge on any atom is -0.298 e. The van der Waals surface area contributed by atoms with Gasteiger partial charge < -0.3 is 0 Å². The van der Waals surface area contributed by atoms with E-state index in [-0.39, 0.29) is 17.5 Å². The van der Waals surface area contributed by atoms with E-state index in [1.165, 1.54) is 0 Å². The first kappa shape index (κ1) is 12.3. The van der Waals surface area contributed by atoms with Gasteiger partial charge in [0.2, 0.25) is 0 Å². The largest absolute Gasteiger partial charge is 0.298 e. The molecular weight excluding hydrogens is 264 g/mol. The van der Waals surface area contributed by atoms with Crippen molar-refractivity contribution in [3.05, 3.63) is 46.0 Å². The number of aldehydes is 1. The Balaban J connectivity index is 2.10. The summed E-state index contributed by atoms with van der Waals surface area (Å²) in [6.07, 6.45) is 3.35. The van der Waals surface area contributed by atoms with Crippen LogP contribution >= 0.6 is 11.6 Å². The zero-order chi connectivity index (χ0) is 13.6. The first-order chi connectivity index (χ1) is 9.11. The first-order valence-electron chi connectivity index (χ1n) is 6.14. The standard InChI is InChI=1S/C15H11ClO3/c16-9-2-4-11-13(6-9)15(19)12-5-8(7-17)1-3-10(12)14(11)18/h1-2,4,6-7,10,12H,3,5H2. The van der Waals surface area contributed by atoms with E-state index in [0.717, 1.165) is 6.29 Å². The van der Waals surface area contributed by atoms with Crippen molar-refractivity contribution in [2.24, 2.45) is 11.8 Å². The van der Waals surface area contributed by atoms with Crippen LogP contribution in [0.3, 0.4) is 0 Å². The second-order valence-electron chi connectivity index (χ2n) is 4.97. The lowest BCUT2D eigenvalue weighted by molar-refractivity contribution is -0.105. The molecule has 2 aliphatic rings. The summed E-state index contributed by atoms with van der Waals surface area (Å²) in [4.78, 5) is 35.7. The van der Waals surface area contributed by atoms with Crippen molar-refractivity contribution in [1.29, 1.82) is 0 Å². The number of fused-ring (bicyclic) bond motifs is 2. The van der Waals surface area contributed by atoms with Crippen molar-refractivity contribution in [2.45, 2.75) is 12.8 Å². The van der Waals surface area contributed by atoms with Crippen molar-refractivity contribution in [3.8, 4) is 0 Å². The highest BCUT2D eigenvalue weighted by molar-refractivity contribution is 6.31. The summed E-state index contributed by atoms with van der Waals surface area (Å²) in [5.74, 6) is -0.833. The molecule has 0 bridgehead atoms. The lowest BCUT2D eigenvalue weighted by Gasteiger charge is -2.32. The molecule has 0 aliphatic heterocycles. The zero-order valence-corrected chi connectivity index (χ0v) is 10.8. The van der Waals surface area contributed by atoms with Crippen molar-refractivity contribution in [2.75, 3.05) is 0 Å². The Morgan fingerprint density at radius 3 is 2.58 bits per heavy atom. The molecule has 1 aromatic carbocycles. The number of Topliss-reactive ketones (excluding diaryl/α,β-unsaturated/α-hetero) is 2. The third-order valence-electron chi connectivity index (χ3n) is 3.91. The molecule has 0 fully saturated rings. The van der Waals surface area contributed by atoms with Gasteiger partial charge in [-0.1, -0.05) is 17.7 Å². The van der Waals surface area contributed by atoms with E-state index in [9.17, 15) is 14.4 Å². The highest BCUT2D eigenvalue weighted by Crippen LogP contribution is 2.39. The normalized spacial score (nSPS) is 25.4. The van der Waals surface area contributed by atoms with Crippen LogP contribution < -0.4 is 0 Å². The lowest BCUT2D eigenvalue weighted by Crippen LogP contribution is -2.38. The Hall–Kier alpha value is -1.74. The summed E-state index contributed by atoms with van der Waals surface area (Å²) >= 11 is 5.89. The van der Waals surface area contributed by atoms with Crippen LogP contribution in [0.4, 0.5) is 0 Å². The minimum atomic E-state index is -0.413. The van der Waals surface area contributed by atoms with Gasteiger partial charge in [0.1, 0.15) is 6.29 Å². The number of rotatable bonds is 1. The zero-order valence-electron chi connectivity index (χ0n) is 10.1. The Kier molecular flexibility index (Phi) is 2.86. The molecule has 0 spiro atoms. The third-order valence-corrected chi connectivity index (χ3v) is 4.15. The molecule has 0 aromatic heterocycles. The molecule has 0 radical (unpaired) electrons. The molecule has 0 saturated carbocycles. The molecule has 0 heterocycles. The molecule has 0 N–H and O–H groups in total. The molecular formula is C15H11ClO3. The second kappa shape index (κ2) is 4.42. The molecule has 2 unspecified atom stereocenters. The van der Waals surface area contributed by atoms with Crippen LogP contribution in [0.25, 0.3) is 0 Å². The first-order valence-corrected chi connectivity index (χ1v) is 6.52. The van der Waals surface area contributed by atoms with Crippen LogP contribution in [0, 0.1) is 11.8 Å². The van der Waals surface area contributed by atoms with Crippen LogP contribution in [-0.2, 0) is 4.79 Å². The van der Waals surface area contributed by atoms with Gasteiger partial charge in [-0.3, -0.25) is 14.4 Å².